The van der Waals surface area contributed by atoms with Gasteiger partial charge >= 0.3 is 6.18 Å². The molecule has 228 valence electrons. The topological polar surface area (TPSA) is 52.7 Å². The van der Waals surface area contributed by atoms with Crippen LogP contribution in [0.3, 0.4) is 0 Å². The Morgan fingerprint density at radius 2 is 1.52 bits per heavy atom. The summed E-state index contributed by atoms with van der Waals surface area (Å²) >= 11 is 6.18. The van der Waals surface area contributed by atoms with E-state index < -0.39 is 17.6 Å². The number of ketones is 1. The monoisotopic (exact) mass is 619 g/mol. The molecule has 0 spiro atoms. The fraction of sp³-hybridized carbons (Fsp3) is 0.257. The van der Waals surface area contributed by atoms with Gasteiger partial charge < -0.3 is 10.2 Å². The van der Waals surface area contributed by atoms with Gasteiger partial charge in [0, 0.05) is 54.6 Å². The van der Waals surface area contributed by atoms with Gasteiger partial charge in [-0.15, -0.1) is 0 Å². The third-order valence-electron chi connectivity index (χ3n) is 7.84. The van der Waals surface area contributed by atoms with E-state index in [0.717, 1.165) is 56.0 Å². The predicted octanol–water partition coefficient (Wildman–Crippen LogP) is 8.51. The molecule has 0 aliphatic carbocycles. The molecule has 4 aromatic rings. The minimum absolute atomic E-state index is 0.241. The zero-order valence-corrected chi connectivity index (χ0v) is 25.0. The van der Waals surface area contributed by atoms with Crippen molar-refractivity contribution in [3.8, 4) is 11.1 Å². The smallest absolute Gasteiger partial charge is 0.369 e. The van der Waals surface area contributed by atoms with E-state index in [2.05, 4.69) is 15.1 Å². The molecule has 4 aromatic carbocycles. The summed E-state index contributed by atoms with van der Waals surface area (Å²) in [6, 6.07) is 26.6. The van der Waals surface area contributed by atoms with Crippen LogP contribution in [0.4, 0.5) is 24.5 Å². The molecule has 0 aromatic heterocycles. The Morgan fingerprint density at radius 1 is 0.864 bits per heavy atom. The molecule has 5 nitrogen and oxygen atoms in total. The van der Waals surface area contributed by atoms with Gasteiger partial charge in [-0.25, -0.2) is 0 Å². The van der Waals surface area contributed by atoms with Crippen LogP contribution in [-0.2, 0) is 11.0 Å². The van der Waals surface area contributed by atoms with Gasteiger partial charge in [0.15, 0.2) is 5.78 Å². The maximum Gasteiger partial charge on any atom is 0.416 e. The second-order valence-corrected chi connectivity index (χ2v) is 11.3. The number of rotatable bonds is 9. The lowest BCUT2D eigenvalue weighted by molar-refractivity contribution is -0.137. The van der Waals surface area contributed by atoms with Crippen molar-refractivity contribution in [2.75, 3.05) is 36.4 Å². The van der Waals surface area contributed by atoms with Crippen LogP contribution < -0.4 is 10.2 Å². The number of halogens is 4. The second-order valence-electron chi connectivity index (χ2n) is 10.8. The third-order valence-corrected chi connectivity index (χ3v) is 8.07. The number of benzene rings is 4. The van der Waals surface area contributed by atoms with E-state index >= 15 is 0 Å². The number of hydrogen-bond donors (Lipinski definition) is 1. The van der Waals surface area contributed by atoms with Gasteiger partial charge in [0.1, 0.15) is 0 Å². The molecule has 44 heavy (non-hydrogen) atoms. The Morgan fingerprint density at radius 3 is 2.14 bits per heavy atom. The number of nitrogens with zero attached hydrogens (tertiary/aromatic N) is 2. The van der Waals surface area contributed by atoms with Crippen LogP contribution in [0.2, 0.25) is 5.02 Å². The number of carbonyl (C=O) groups excluding carboxylic acids is 2. The van der Waals surface area contributed by atoms with Crippen LogP contribution in [-0.4, -0.2) is 42.8 Å². The van der Waals surface area contributed by atoms with Crippen LogP contribution in [0, 0.1) is 0 Å². The number of alkyl halides is 3. The maximum absolute atomic E-state index is 13.3. The maximum atomic E-state index is 13.3. The lowest BCUT2D eigenvalue weighted by Crippen LogP contribution is -2.49. The quantitative estimate of drug-likeness (QED) is 0.204. The Labute approximate surface area is 260 Å². The normalized spacial score (nSPS) is 14.7. The van der Waals surface area contributed by atoms with Crippen molar-refractivity contribution < 1.29 is 22.8 Å². The molecule has 0 saturated carbocycles. The van der Waals surface area contributed by atoms with Gasteiger partial charge in [0.25, 0.3) is 5.91 Å². The summed E-state index contributed by atoms with van der Waals surface area (Å²) in [4.78, 5) is 30.9. The van der Waals surface area contributed by atoms with Crippen molar-refractivity contribution in [2.24, 2.45) is 0 Å². The molecule has 1 fully saturated rings. The van der Waals surface area contributed by atoms with Gasteiger partial charge in [-0.2, -0.15) is 13.2 Å². The number of Topliss-reactive ketones (excluding diaryl/α,β-unsaturated/α-hetero) is 1. The number of nitrogens with one attached hydrogen (secondary N) is 1. The molecule has 9 heteroatoms. The molecule has 1 saturated heterocycles. The van der Waals surface area contributed by atoms with Gasteiger partial charge in [-0.05, 0) is 71.6 Å². The average Bonchev–Trinajstić information content (AvgIpc) is 3.02. The van der Waals surface area contributed by atoms with Crippen LogP contribution in [0.5, 0.6) is 0 Å². The SMILES string of the molecule is CCCC(=O)C(c1ccccc1)N1CCN(c2ccc(NC(=O)c3cc(Cl)ccc3-c3ccc(C(F)(F)F)cc3)cc2)CC1. The van der Waals surface area contributed by atoms with Crippen molar-refractivity contribution in [1.29, 1.82) is 0 Å². The zero-order valence-electron chi connectivity index (χ0n) is 24.3. The predicted molar refractivity (Wildman–Crippen MR) is 169 cm³/mol. The number of hydrogen-bond acceptors (Lipinski definition) is 4. The number of anilines is 2. The van der Waals surface area contributed by atoms with Crippen LogP contribution in [0.15, 0.2) is 97.1 Å². The summed E-state index contributed by atoms with van der Waals surface area (Å²) < 4.78 is 39.1. The van der Waals surface area contributed by atoms with Gasteiger partial charge in [0.2, 0.25) is 0 Å². The molecule has 5 rings (SSSR count). The minimum Gasteiger partial charge on any atom is -0.369 e. The van der Waals surface area contributed by atoms with Crippen molar-refractivity contribution in [2.45, 2.75) is 32.0 Å². The molecule has 0 radical (unpaired) electrons. The molecule has 1 amide bonds. The van der Waals surface area contributed by atoms with Gasteiger partial charge in [0.05, 0.1) is 11.6 Å². The van der Waals surface area contributed by atoms with Crippen molar-refractivity contribution >= 4 is 34.7 Å². The van der Waals surface area contributed by atoms with Crippen molar-refractivity contribution in [3.63, 3.8) is 0 Å². The third kappa shape index (κ3) is 7.31. The van der Waals surface area contributed by atoms with Crippen molar-refractivity contribution in [3.05, 3.63) is 119 Å². The molecular weight excluding hydrogens is 587 g/mol. The summed E-state index contributed by atoms with van der Waals surface area (Å²) in [5.74, 6) is -0.180. The van der Waals surface area contributed by atoms with E-state index in [-0.39, 0.29) is 17.4 Å². The number of amides is 1. The first-order valence-corrected chi connectivity index (χ1v) is 15.0. The second kappa shape index (κ2) is 13.7. The molecular formula is C35H33ClF3N3O2. The Kier molecular flexibility index (Phi) is 9.71. The van der Waals surface area contributed by atoms with E-state index in [0.29, 0.717) is 28.3 Å². The molecule has 1 unspecified atom stereocenters. The van der Waals surface area contributed by atoms with Gasteiger partial charge in [-0.1, -0.05) is 67.1 Å². The number of carbonyl (C=O) groups is 2. The van der Waals surface area contributed by atoms with E-state index in [1.807, 2.05) is 61.5 Å². The molecule has 1 N–H and O–H groups in total. The molecule has 1 atom stereocenters. The zero-order chi connectivity index (χ0) is 31.3. The number of piperazine rings is 1. The fourth-order valence-corrected chi connectivity index (χ4v) is 5.78. The van der Waals surface area contributed by atoms with Crippen LogP contribution in [0.25, 0.3) is 11.1 Å². The lowest BCUT2D eigenvalue weighted by atomic mass is 9.97. The van der Waals surface area contributed by atoms with E-state index in [1.165, 1.54) is 18.2 Å². The van der Waals surface area contributed by atoms with Crippen LogP contribution in [0.1, 0.15) is 47.3 Å². The first-order chi connectivity index (χ1) is 21.1. The highest BCUT2D eigenvalue weighted by atomic mass is 35.5. The van der Waals surface area contributed by atoms with E-state index in [1.54, 1.807) is 12.1 Å². The van der Waals surface area contributed by atoms with Gasteiger partial charge in [-0.3, -0.25) is 14.5 Å². The highest BCUT2D eigenvalue weighted by Crippen LogP contribution is 2.33. The van der Waals surface area contributed by atoms with Crippen molar-refractivity contribution in [1.82, 2.24) is 4.90 Å². The molecule has 1 heterocycles. The summed E-state index contributed by atoms with van der Waals surface area (Å²) in [5, 5.41) is 3.22. The summed E-state index contributed by atoms with van der Waals surface area (Å²) in [7, 11) is 0. The average molecular weight is 620 g/mol. The molecule has 1 aliphatic rings. The first kappa shape index (κ1) is 31.3. The minimum atomic E-state index is -4.45. The molecule has 1 aliphatic heterocycles. The first-order valence-electron chi connectivity index (χ1n) is 14.6. The summed E-state index contributed by atoms with van der Waals surface area (Å²) in [6.07, 6.45) is -3.08. The summed E-state index contributed by atoms with van der Waals surface area (Å²) in [6.45, 7) is 5.03. The standard InChI is InChI=1S/C35H33ClF3N3O2/c1-2-6-32(43)33(25-7-4-3-5-8-25)42-21-19-41(20-22-42)29-16-14-28(15-17-29)40-34(44)31-23-27(36)13-18-30(31)24-9-11-26(12-10-24)35(37,38)39/h3-5,7-18,23,33H,2,6,19-22H2,1H3,(H,40,44). The molecule has 0 bridgehead atoms. The summed E-state index contributed by atoms with van der Waals surface area (Å²) in [5.41, 5.74) is 3.05. The van der Waals surface area contributed by atoms with E-state index in [9.17, 15) is 22.8 Å². The highest BCUT2D eigenvalue weighted by molar-refractivity contribution is 6.31. The Bertz CT molecular complexity index is 1580. The lowest BCUT2D eigenvalue weighted by Gasteiger charge is -2.40. The largest absolute Gasteiger partial charge is 0.416 e. The Balaban J connectivity index is 1.25. The fourth-order valence-electron chi connectivity index (χ4n) is 5.61. The van der Waals surface area contributed by atoms with E-state index in [4.69, 9.17) is 11.6 Å². The van der Waals surface area contributed by atoms with Crippen LogP contribution >= 0.6 is 11.6 Å². The highest BCUT2D eigenvalue weighted by Gasteiger charge is 2.31. The Hall–Kier alpha value is -4.14.